The summed E-state index contributed by atoms with van der Waals surface area (Å²) in [6.07, 6.45) is 1.44. The summed E-state index contributed by atoms with van der Waals surface area (Å²) in [5.41, 5.74) is 5.59. The van der Waals surface area contributed by atoms with Crippen molar-refractivity contribution in [2.45, 2.75) is 13.5 Å². The minimum Gasteiger partial charge on any atom is -0.495 e. The quantitative estimate of drug-likeness (QED) is 0.349. The smallest absolute Gasteiger partial charge is 0.329 e. The molecule has 2 amide bonds. The molecule has 0 unspecified atom stereocenters. The molecular formula is C24H23N3O4. The molecule has 0 saturated heterocycles. The van der Waals surface area contributed by atoms with Gasteiger partial charge in [-0.25, -0.2) is 5.43 Å². The maximum atomic E-state index is 12.1. The number of hydrogen-bond acceptors (Lipinski definition) is 5. The molecule has 0 fully saturated rings. The average molecular weight is 417 g/mol. The molecule has 0 atom stereocenters. The van der Waals surface area contributed by atoms with Gasteiger partial charge in [0.25, 0.3) is 0 Å². The number of rotatable bonds is 7. The van der Waals surface area contributed by atoms with Crippen LogP contribution in [0.4, 0.5) is 5.69 Å². The summed E-state index contributed by atoms with van der Waals surface area (Å²) in [5, 5.41) is 6.33. The number of hydrogen-bond donors (Lipinski definition) is 2. The minimum atomic E-state index is -0.894. The summed E-state index contributed by atoms with van der Waals surface area (Å²) in [4.78, 5) is 24.0. The summed E-state index contributed by atoms with van der Waals surface area (Å²) in [6.45, 7) is 2.49. The molecule has 3 aromatic rings. The van der Waals surface area contributed by atoms with Crippen LogP contribution in [0.3, 0.4) is 0 Å². The number of methoxy groups -OCH3 is 1. The van der Waals surface area contributed by atoms with Crippen molar-refractivity contribution in [3.63, 3.8) is 0 Å². The number of carbonyl (C=O) groups is 2. The highest BCUT2D eigenvalue weighted by molar-refractivity contribution is 6.39. The molecule has 0 aliphatic heterocycles. The average Bonchev–Trinajstić information content (AvgIpc) is 2.79. The molecular weight excluding hydrogens is 394 g/mol. The zero-order valence-corrected chi connectivity index (χ0v) is 17.3. The van der Waals surface area contributed by atoms with Crippen molar-refractivity contribution in [3.05, 3.63) is 89.5 Å². The SMILES string of the molecule is COc1ccccc1NC(=O)C(=O)NN=Cc1cccc(OCc2ccccc2C)c1. The van der Waals surface area contributed by atoms with Gasteiger partial charge in [-0.05, 0) is 47.9 Å². The Bertz CT molecular complexity index is 1100. The monoisotopic (exact) mass is 417 g/mol. The Kier molecular flexibility index (Phi) is 7.37. The van der Waals surface area contributed by atoms with E-state index in [-0.39, 0.29) is 0 Å². The first-order valence-corrected chi connectivity index (χ1v) is 9.61. The highest BCUT2D eigenvalue weighted by Crippen LogP contribution is 2.22. The highest BCUT2D eigenvalue weighted by Gasteiger charge is 2.14. The maximum Gasteiger partial charge on any atom is 0.329 e. The molecule has 158 valence electrons. The van der Waals surface area contributed by atoms with E-state index in [0.717, 1.165) is 11.1 Å². The second-order valence-corrected chi connectivity index (χ2v) is 6.64. The Morgan fingerprint density at radius 1 is 0.968 bits per heavy atom. The van der Waals surface area contributed by atoms with E-state index >= 15 is 0 Å². The Labute approximate surface area is 180 Å². The van der Waals surface area contributed by atoms with E-state index in [9.17, 15) is 9.59 Å². The maximum absolute atomic E-state index is 12.1. The van der Waals surface area contributed by atoms with Gasteiger partial charge in [0.1, 0.15) is 18.1 Å². The first kappa shape index (κ1) is 21.6. The largest absolute Gasteiger partial charge is 0.495 e. The van der Waals surface area contributed by atoms with Crippen LogP contribution in [0.25, 0.3) is 0 Å². The Balaban J connectivity index is 1.54. The van der Waals surface area contributed by atoms with Gasteiger partial charge in [0.05, 0.1) is 19.0 Å². The summed E-state index contributed by atoms with van der Waals surface area (Å²) < 4.78 is 11.0. The number of amides is 2. The van der Waals surface area contributed by atoms with Gasteiger partial charge in [-0.15, -0.1) is 0 Å². The van der Waals surface area contributed by atoms with E-state index in [1.54, 1.807) is 30.3 Å². The number of hydrazone groups is 1. The van der Waals surface area contributed by atoms with E-state index in [1.807, 2.05) is 49.4 Å². The van der Waals surface area contributed by atoms with Crippen LogP contribution in [-0.2, 0) is 16.2 Å². The molecule has 0 aromatic heterocycles. The van der Waals surface area contributed by atoms with Crippen LogP contribution in [0.15, 0.2) is 77.9 Å². The van der Waals surface area contributed by atoms with Crippen molar-refractivity contribution in [2.75, 3.05) is 12.4 Å². The third kappa shape index (κ3) is 6.17. The van der Waals surface area contributed by atoms with E-state index < -0.39 is 11.8 Å². The normalized spacial score (nSPS) is 10.5. The Morgan fingerprint density at radius 3 is 2.55 bits per heavy atom. The van der Waals surface area contributed by atoms with E-state index in [0.29, 0.717) is 29.4 Å². The predicted molar refractivity (Wildman–Crippen MR) is 119 cm³/mol. The van der Waals surface area contributed by atoms with Crippen LogP contribution < -0.4 is 20.2 Å². The second-order valence-electron chi connectivity index (χ2n) is 6.64. The van der Waals surface area contributed by atoms with Gasteiger partial charge in [0.15, 0.2) is 0 Å². The summed E-state index contributed by atoms with van der Waals surface area (Å²) in [5.74, 6) is -0.617. The number of ether oxygens (including phenoxy) is 2. The van der Waals surface area contributed by atoms with Crippen molar-refractivity contribution >= 4 is 23.7 Å². The van der Waals surface area contributed by atoms with Crippen LogP contribution in [-0.4, -0.2) is 25.1 Å². The molecule has 2 N–H and O–H groups in total. The number of aryl methyl sites for hydroxylation is 1. The van der Waals surface area contributed by atoms with Crippen LogP contribution in [0.2, 0.25) is 0 Å². The van der Waals surface area contributed by atoms with Crippen molar-refractivity contribution in [3.8, 4) is 11.5 Å². The molecule has 7 nitrogen and oxygen atoms in total. The van der Waals surface area contributed by atoms with Gasteiger partial charge < -0.3 is 14.8 Å². The molecule has 0 radical (unpaired) electrons. The van der Waals surface area contributed by atoms with Crippen molar-refractivity contribution in [1.29, 1.82) is 0 Å². The lowest BCUT2D eigenvalue weighted by Gasteiger charge is -2.09. The fraction of sp³-hybridized carbons (Fsp3) is 0.125. The van der Waals surface area contributed by atoms with Crippen molar-refractivity contribution in [1.82, 2.24) is 5.43 Å². The molecule has 0 bridgehead atoms. The van der Waals surface area contributed by atoms with E-state index in [2.05, 4.69) is 15.8 Å². The zero-order valence-electron chi connectivity index (χ0n) is 17.3. The third-order valence-corrected chi connectivity index (χ3v) is 4.45. The van der Waals surface area contributed by atoms with Gasteiger partial charge in [-0.1, -0.05) is 48.5 Å². The standard InChI is InChI=1S/C24H23N3O4/c1-17-8-3-4-10-19(17)16-31-20-11-7-9-18(14-20)15-25-27-24(29)23(28)26-21-12-5-6-13-22(21)30-2/h3-15H,16H2,1-2H3,(H,26,28)(H,27,29). The third-order valence-electron chi connectivity index (χ3n) is 4.45. The molecule has 7 heteroatoms. The predicted octanol–water partition coefficient (Wildman–Crippen LogP) is 3.67. The number of nitrogens with zero attached hydrogens (tertiary/aromatic N) is 1. The van der Waals surface area contributed by atoms with Crippen molar-refractivity contribution in [2.24, 2.45) is 5.10 Å². The number of para-hydroxylation sites is 2. The first-order chi connectivity index (χ1) is 15.1. The molecule has 3 rings (SSSR count). The van der Waals surface area contributed by atoms with Crippen LogP contribution >= 0.6 is 0 Å². The van der Waals surface area contributed by atoms with Crippen LogP contribution in [0.5, 0.6) is 11.5 Å². The number of anilines is 1. The molecule has 3 aromatic carbocycles. The summed E-state index contributed by atoms with van der Waals surface area (Å²) in [7, 11) is 1.48. The van der Waals surface area contributed by atoms with E-state index in [4.69, 9.17) is 9.47 Å². The van der Waals surface area contributed by atoms with Crippen LogP contribution in [0, 0.1) is 6.92 Å². The minimum absolute atomic E-state index is 0.396. The van der Waals surface area contributed by atoms with Gasteiger partial charge in [-0.2, -0.15) is 5.10 Å². The lowest BCUT2D eigenvalue weighted by atomic mass is 10.1. The second kappa shape index (κ2) is 10.6. The molecule has 31 heavy (non-hydrogen) atoms. The molecule has 0 spiro atoms. The fourth-order valence-electron chi connectivity index (χ4n) is 2.76. The summed E-state index contributed by atoms with van der Waals surface area (Å²) >= 11 is 0. The molecule has 0 aliphatic carbocycles. The fourth-order valence-corrected chi connectivity index (χ4v) is 2.76. The zero-order chi connectivity index (χ0) is 22.1. The Morgan fingerprint density at radius 2 is 1.74 bits per heavy atom. The van der Waals surface area contributed by atoms with E-state index in [1.165, 1.54) is 13.3 Å². The van der Waals surface area contributed by atoms with Crippen molar-refractivity contribution < 1.29 is 19.1 Å². The molecule has 0 heterocycles. The van der Waals surface area contributed by atoms with Crippen LogP contribution in [0.1, 0.15) is 16.7 Å². The number of carbonyl (C=O) groups excluding carboxylic acids is 2. The summed E-state index contributed by atoms with van der Waals surface area (Å²) in [6, 6.07) is 22.1. The lowest BCUT2D eigenvalue weighted by molar-refractivity contribution is -0.136. The first-order valence-electron chi connectivity index (χ1n) is 9.61. The topological polar surface area (TPSA) is 89.0 Å². The van der Waals surface area contributed by atoms with Gasteiger partial charge >= 0.3 is 11.8 Å². The number of benzene rings is 3. The van der Waals surface area contributed by atoms with Gasteiger partial charge in [-0.3, -0.25) is 9.59 Å². The van der Waals surface area contributed by atoms with Gasteiger partial charge in [0, 0.05) is 0 Å². The Hall–Kier alpha value is -4.13. The molecule has 0 saturated carbocycles. The lowest BCUT2D eigenvalue weighted by Crippen LogP contribution is -2.32. The highest BCUT2D eigenvalue weighted by atomic mass is 16.5. The number of nitrogens with one attached hydrogen (secondary N) is 2. The molecule has 0 aliphatic rings. The van der Waals surface area contributed by atoms with Gasteiger partial charge in [0.2, 0.25) is 0 Å².